The number of carboxylic acid groups (broad SMARTS) is 1. The monoisotopic (exact) mass is 206 g/mol. The summed E-state index contributed by atoms with van der Waals surface area (Å²) >= 11 is 0. The molecule has 15 heavy (non-hydrogen) atoms. The van der Waals surface area contributed by atoms with E-state index < -0.39 is 5.97 Å². The van der Waals surface area contributed by atoms with Crippen LogP contribution in [0.5, 0.6) is 0 Å². The van der Waals surface area contributed by atoms with E-state index in [2.05, 4.69) is 20.8 Å². The Morgan fingerprint density at radius 2 is 2.07 bits per heavy atom. The molecule has 0 fully saturated rings. The van der Waals surface area contributed by atoms with E-state index in [1.54, 1.807) is 6.07 Å². The normalized spacial score (nSPS) is 10.7. The summed E-state index contributed by atoms with van der Waals surface area (Å²) < 4.78 is 0. The highest BCUT2D eigenvalue weighted by Gasteiger charge is 2.11. The molecular formula is C13H18O2. The minimum absolute atomic E-state index is 0.445. The minimum Gasteiger partial charge on any atom is -0.478 e. The molecule has 0 spiro atoms. The summed E-state index contributed by atoms with van der Waals surface area (Å²) in [6.07, 6.45) is 1.78. The SMILES string of the molecule is CCc1ccc(C(=O)O)c(CC(C)C)c1. The van der Waals surface area contributed by atoms with E-state index in [0.717, 1.165) is 18.4 Å². The predicted molar refractivity (Wildman–Crippen MR) is 61.3 cm³/mol. The van der Waals surface area contributed by atoms with E-state index in [1.165, 1.54) is 5.56 Å². The van der Waals surface area contributed by atoms with Gasteiger partial charge in [-0.2, -0.15) is 0 Å². The lowest BCUT2D eigenvalue weighted by Gasteiger charge is -2.10. The Balaban J connectivity index is 3.10. The van der Waals surface area contributed by atoms with Gasteiger partial charge in [0, 0.05) is 0 Å². The smallest absolute Gasteiger partial charge is 0.335 e. The Hall–Kier alpha value is -1.31. The molecule has 1 rings (SSSR count). The van der Waals surface area contributed by atoms with Crippen molar-refractivity contribution in [1.29, 1.82) is 0 Å². The van der Waals surface area contributed by atoms with Gasteiger partial charge in [0.15, 0.2) is 0 Å². The molecule has 0 saturated carbocycles. The Morgan fingerprint density at radius 1 is 1.40 bits per heavy atom. The van der Waals surface area contributed by atoms with Crippen molar-refractivity contribution in [1.82, 2.24) is 0 Å². The molecule has 0 unspecified atom stereocenters. The van der Waals surface area contributed by atoms with E-state index in [1.807, 2.05) is 12.1 Å². The van der Waals surface area contributed by atoms with Crippen LogP contribution in [0.25, 0.3) is 0 Å². The highest BCUT2D eigenvalue weighted by atomic mass is 16.4. The van der Waals surface area contributed by atoms with Gasteiger partial charge in [0.25, 0.3) is 0 Å². The molecule has 0 bridgehead atoms. The summed E-state index contributed by atoms with van der Waals surface area (Å²) in [6, 6.07) is 5.63. The Kier molecular flexibility index (Phi) is 3.89. The van der Waals surface area contributed by atoms with Crippen LogP contribution in [0.4, 0.5) is 0 Å². The van der Waals surface area contributed by atoms with Gasteiger partial charge in [-0.05, 0) is 36.0 Å². The first-order valence-electron chi connectivity index (χ1n) is 5.39. The van der Waals surface area contributed by atoms with Gasteiger partial charge in [0.05, 0.1) is 5.56 Å². The van der Waals surface area contributed by atoms with Crippen molar-refractivity contribution in [3.63, 3.8) is 0 Å². The zero-order chi connectivity index (χ0) is 11.4. The fourth-order valence-corrected chi connectivity index (χ4v) is 1.68. The zero-order valence-corrected chi connectivity index (χ0v) is 9.58. The van der Waals surface area contributed by atoms with Gasteiger partial charge in [0.1, 0.15) is 0 Å². The van der Waals surface area contributed by atoms with Crippen molar-refractivity contribution in [3.05, 3.63) is 34.9 Å². The molecule has 0 aromatic heterocycles. The molecule has 0 aliphatic rings. The maximum Gasteiger partial charge on any atom is 0.335 e. The Labute approximate surface area is 90.9 Å². The average molecular weight is 206 g/mol. The number of carbonyl (C=O) groups is 1. The number of carboxylic acids is 1. The van der Waals surface area contributed by atoms with Crippen LogP contribution >= 0.6 is 0 Å². The first-order valence-corrected chi connectivity index (χ1v) is 5.39. The number of benzene rings is 1. The predicted octanol–water partition coefficient (Wildman–Crippen LogP) is 3.15. The summed E-state index contributed by atoms with van der Waals surface area (Å²) in [5.41, 5.74) is 2.61. The number of hydrogen-bond acceptors (Lipinski definition) is 1. The lowest BCUT2D eigenvalue weighted by molar-refractivity contribution is 0.0695. The highest BCUT2D eigenvalue weighted by molar-refractivity contribution is 5.89. The summed E-state index contributed by atoms with van der Waals surface area (Å²) in [5, 5.41) is 9.04. The second-order valence-corrected chi connectivity index (χ2v) is 4.25. The van der Waals surface area contributed by atoms with Crippen LogP contribution in [0.2, 0.25) is 0 Å². The number of aryl methyl sites for hydroxylation is 1. The van der Waals surface area contributed by atoms with Gasteiger partial charge in [-0.3, -0.25) is 0 Å². The molecule has 0 aliphatic carbocycles. The highest BCUT2D eigenvalue weighted by Crippen LogP contribution is 2.16. The van der Waals surface area contributed by atoms with Crippen LogP contribution in [0.1, 0.15) is 42.3 Å². The Morgan fingerprint density at radius 3 is 2.53 bits per heavy atom. The minimum atomic E-state index is -0.826. The van der Waals surface area contributed by atoms with Crippen molar-refractivity contribution >= 4 is 5.97 Å². The molecule has 82 valence electrons. The fraction of sp³-hybridized carbons (Fsp3) is 0.462. The molecule has 1 aromatic carbocycles. The van der Waals surface area contributed by atoms with E-state index in [-0.39, 0.29) is 0 Å². The van der Waals surface area contributed by atoms with Crippen LogP contribution in [0, 0.1) is 5.92 Å². The van der Waals surface area contributed by atoms with Gasteiger partial charge < -0.3 is 5.11 Å². The first-order chi connectivity index (χ1) is 7.04. The molecule has 2 heteroatoms. The van der Waals surface area contributed by atoms with Crippen LogP contribution in [0.3, 0.4) is 0 Å². The summed E-state index contributed by atoms with van der Waals surface area (Å²) in [6.45, 7) is 6.28. The van der Waals surface area contributed by atoms with Crippen LogP contribution in [-0.2, 0) is 12.8 Å². The maximum absolute atomic E-state index is 11.0. The lowest BCUT2D eigenvalue weighted by Crippen LogP contribution is -2.06. The lowest BCUT2D eigenvalue weighted by atomic mass is 9.95. The molecule has 0 radical (unpaired) electrons. The van der Waals surface area contributed by atoms with E-state index >= 15 is 0 Å². The molecule has 1 N–H and O–H groups in total. The standard InChI is InChI=1S/C13H18O2/c1-4-10-5-6-12(13(14)15)11(8-10)7-9(2)3/h5-6,8-9H,4,7H2,1-3H3,(H,14,15). The average Bonchev–Trinajstić information content (AvgIpc) is 2.16. The second-order valence-electron chi connectivity index (χ2n) is 4.25. The van der Waals surface area contributed by atoms with Crippen molar-refractivity contribution in [3.8, 4) is 0 Å². The van der Waals surface area contributed by atoms with Crippen molar-refractivity contribution in [2.45, 2.75) is 33.6 Å². The quantitative estimate of drug-likeness (QED) is 0.821. The topological polar surface area (TPSA) is 37.3 Å². The molecule has 0 aliphatic heterocycles. The number of hydrogen-bond donors (Lipinski definition) is 1. The molecule has 2 nitrogen and oxygen atoms in total. The second kappa shape index (κ2) is 4.96. The number of aromatic carboxylic acids is 1. The first kappa shape index (κ1) is 11.8. The van der Waals surface area contributed by atoms with Crippen molar-refractivity contribution < 1.29 is 9.90 Å². The van der Waals surface area contributed by atoms with Gasteiger partial charge in [-0.25, -0.2) is 4.79 Å². The van der Waals surface area contributed by atoms with Gasteiger partial charge in [-0.15, -0.1) is 0 Å². The van der Waals surface area contributed by atoms with Crippen LogP contribution in [-0.4, -0.2) is 11.1 Å². The van der Waals surface area contributed by atoms with E-state index in [9.17, 15) is 4.79 Å². The van der Waals surface area contributed by atoms with E-state index in [4.69, 9.17) is 5.11 Å². The molecule has 0 amide bonds. The molecule has 0 atom stereocenters. The molecule has 0 heterocycles. The van der Waals surface area contributed by atoms with Crippen LogP contribution < -0.4 is 0 Å². The largest absolute Gasteiger partial charge is 0.478 e. The fourth-order valence-electron chi connectivity index (χ4n) is 1.68. The number of rotatable bonds is 4. The summed E-state index contributed by atoms with van der Waals surface area (Å²) in [7, 11) is 0. The van der Waals surface area contributed by atoms with Crippen molar-refractivity contribution in [2.75, 3.05) is 0 Å². The molecule has 0 saturated heterocycles. The van der Waals surface area contributed by atoms with Gasteiger partial charge in [-0.1, -0.05) is 32.9 Å². The summed E-state index contributed by atoms with van der Waals surface area (Å²) in [4.78, 5) is 11.0. The van der Waals surface area contributed by atoms with Crippen LogP contribution in [0.15, 0.2) is 18.2 Å². The molecular weight excluding hydrogens is 188 g/mol. The third-order valence-corrected chi connectivity index (χ3v) is 2.44. The Bertz CT molecular complexity index is 354. The van der Waals surface area contributed by atoms with Crippen molar-refractivity contribution in [2.24, 2.45) is 5.92 Å². The summed E-state index contributed by atoms with van der Waals surface area (Å²) in [5.74, 6) is -0.344. The molecule has 1 aromatic rings. The van der Waals surface area contributed by atoms with Gasteiger partial charge >= 0.3 is 5.97 Å². The van der Waals surface area contributed by atoms with E-state index in [0.29, 0.717) is 11.5 Å². The third kappa shape index (κ3) is 3.08. The third-order valence-electron chi connectivity index (χ3n) is 2.44. The van der Waals surface area contributed by atoms with Gasteiger partial charge in [0.2, 0.25) is 0 Å². The maximum atomic E-state index is 11.0. The zero-order valence-electron chi connectivity index (χ0n) is 9.58.